The van der Waals surface area contributed by atoms with Crippen molar-refractivity contribution in [3.8, 4) is 0 Å². The third-order valence-corrected chi connectivity index (χ3v) is 5.08. The molecule has 2 heteroatoms. The molecule has 2 aliphatic rings. The number of hydrogen-bond donors (Lipinski definition) is 1. The summed E-state index contributed by atoms with van der Waals surface area (Å²) in [5.74, 6) is 0.921. The first-order valence-corrected chi connectivity index (χ1v) is 8.09. The minimum Gasteiger partial charge on any atom is -0.375 e. The lowest BCUT2D eigenvalue weighted by atomic mass is 9.81. The van der Waals surface area contributed by atoms with Crippen molar-refractivity contribution in [2.75, 3.05) is 13.7 Å². The Bertz CT molecular complexity index is 235. The Morgan fingerprint density at radius 3 is 2.72 bits per heavy atom. The summed E-state index contributed by atoms with van der Waals surface area (Å²) < 4.78 is 6.12. The van der Waals surface area contributed by atoms with Crippen LogP contribution in [0.4, 0.5) is 0 Å². The zero-order valence-corrected chi connectivity index (χ0v) is 12.3. The summed E-state index contributed by atoms with van der Waals surface area (Å²) in [6.45, 7) is 3.30. The first-order valence-electron chi connectivity index (χ1n) is 8.09. The molecule has 0 aromatic rings. The Balaban J connectivity index is 1.75. The van der Waals surface area contributed by atoms with Crippen LogP contribution in [0.15, 0.2) is 0 Å². The van der Waals surface area contributed by atoms with E-state index in [1.54, 1.807) is 0 Å². The number of nitrogens with one attached hydrogen (secondary N) is 1. The van der Waals surface area contributed by atoms with Crippen LogP contribution in [0.25, 0.3) is 0 Å². The molecule has 1 N–H and O–H groups in total. The molecule has 106 valence electrons. The summed E-state index contributed by atoms with van der Waals surface area (Å²) in [5, 5.41) is 3.47. The van der Waals surface area contributed by atoms with Crippen molar-refractivity contribution in [2.45, 2.75) is 82.8 Å². The third kappa shape index (κ3) is 3.71. The standard InChI is InChI=1S/C16H31NO/c1-3-6-15(17-2)8-7-14-9-12-18-16(13-14)10-4-5-11-16/h14-15,17H,3-13H2,1-2H3. The van der Waals surface area contributed by atoms with Crippen molar-refractivity contribution < 1.29 is 4.74 Å². The molecule has 0 amide bonds. The smallest absolute Gasteiger partial charge is 0.0685 e. The summed E-state index contributed by atoms with van der Waals surface area (Å²) in [6, 6.07) is 0.734. The number of hydrogen-bond acceptors (Lipinski definition) is 2. The molecular formula is C16H31NO. The largest absolute Gasteiger partial charge is 0.375 e. The van der Waals surface area contributed by atoms with Gasteiger partial charge in [-0.05, 0) is 57.9 Å². The first-order chi connectivity index (χ1) is 8.78. The van der Waals surface area contributed by atoms with Crippen LogP contribution in [0, 0.1) is 5.92 Å². The Labute approximate surface area is 113 Å². The molecule has 1 spiro atoms. The van der Waals surface area contributed by atoms with Crippen molar-refractivity contribution in [1.82, 2.24) is 5.32 Å². The molecule has 1 aliphatic heterocycles. The molecule has 1 saturated heterocycles. The minimum absolute atomic E-state index is 0.308. The van der Waals surface area contributed by atoms with Crippen LogP contribution in [0.5, 0.6) is 0 Å². The molecule has 1 saturated carbocycles. The second-order valence-corrected chi connectivity index (χ2v) is 6.45. The van der Waals surface area contributed by atoms with Crippen LogP contribution < -0.4 is 5.32 Å². The van der Waals surface area contributed by atoms with Gasteiger partial charge >= 0.3 is 0 Å². The van der Waals surface area contributed by atoms with Crippen LogP contribution in [0.3, 0.4) is 0 Å². The van der Waals surface area contributed by atoms with Crippen LogP contribution in [-0.2, 0) is 4.74 Å². The zero-order chi connectivity index (χ0) is 12.8. The van der Waals surface area contributed by atoms with E-state index in [9.17, 15) is 0 Å². The van der Waals surface area contributed by atoms with Crippen LogP contribution in [-0.4, -0.2) is 25.3 Å². The van der Waals surface area contributed by atoms with Crippen LogP contribution in [0.2, 0.25) is 0 Å². The second kappa shape index (κ2) is 6.91. The normalized spacial score (nSPS) is 28.7. The lowest BCUT2D eigenvalue weighted by Crippen LogP contribution is -2.37. The van der Waals surface area contributed by atoms with Gasteiger partial charge in [0.1, 0.15) is 0 Å². The fourth-order valence-corrected chi connectivity index (χ4v) is 3.96. The van der Waals surface area contributed by atoms with Crippen molar-refractivity contribution >= 4 is 0 Å². The molecule has 2 fully saturated rings. The highest BCUT2D eigenvalue weighted by Gasteiger charge is 2.39. The van der Waals surface area contributed by atoms with Crippen LogP contribution >= 0.6 is 0 Å². The van der Waals surface area contributed by atoms with Crippen molar-refractivity contribution in [1.29, 1.82) is 0 Å². The molecule has 0 aromatic carbocycles. The topological polar surface area (TPSA) is 21.3 Å². The molecular weight excluding hydrogens is 222 g/mol. The van der Waals surface area contributed by atoms with E-state index in [4.69, 9.17) is 4.74 Å². The van der Waals surface area contributed by atoms with E-state index in [2.05, 4.69) is 19.3 Å². The van der Waals surface area contributed by atoms with Crippen molar-refractivity contribution in [3.05, 3.63) is 0 Å². The summed E-state index contributed by atoms with van der Waals surface area (Å²) in [5.41, 5.74) is 0.308. The highest BCUT2D eigenvalue weighted by molar-refractivity contribution is 4.91. The van der Waals surface area contributed by atoms with E-state index >= 15 is 0 Å². The van der Waals surface area contributed by atoms with Gasteiger partial charge in [0.2, 0.25) is 0 Å². The van der Waals surface area contributed by atoms with Gasteiger partial charge in [0.25, 0.3) is 0 Å². The maximum Gasteiger partial charge on any atom is 0.0685 e. The van der Waals surface area contributed by atoms with Gasteiger partial charge in [-0.15, -0.1) is 0 Å². The average molecular weight is 253 g/mol. The zero-order valence-electron chi connectivity index (χ0n) is 12.3. The van der Waals surface area contributed by atoms with Gasteiger partial charge < -0.3 is 10.1 Å². The van der Waals surface area contributed by atoms with E-state index in [-0.39, 0.29) is 0 Å². The van der Waals surface area contributed by atoms with Gasteiger partial charge in [-0.25, -0.2) is 0 Å². The van der Waals surface area contributed by atoms with Gasteiger partial charge in [0, 0.05) is 12.6 Å². The molecule has 18 heavy (non-hydrogen) atoms. The molecule has 2 atom stereocenters. The second-order valence-electron chi connectivity index (χ2n) is 6.45. The fourth-order valence-electron chi connectivity index (χ4n) is 3.96. The first kappa shape index (κ1) is 14.3. The van der Waals surface area contributed by atoms with E-state index in [0.29, 0.717) is 5.60 Å². The number of rotatable bonds is 6. The predicted molar refractivity (Wildman–Crippen MR) is 76.9 cm³/mol. The Morgan fingerprint density at radius 1 is 1.28 bits per heavy atom. The molecule has 1 aliphatic carbocycles. The molecule has 0 radical (unpaired) electrons. The van der Waals surface area contributed by atoms with Gasteiger partial charge in [-0.3, -0.25) is 0 Å². The molecule has 2 rings (SSSR count). The maximum absolute atomic E-state index is 6.12. The average Bonchev–Trinajstić information content (AvgIpc) is 2.82. The Hall–Kier alpha value is -0.0800. The SMILES string of the molecule is CCCC(CCC1CCOC2(CCCC2)C1)NC. The molecule has 0 bridgehead atoms. The highest BCUT2D eigenvalue weighted by Crippen LogP contribution is 2.43. The monoisotopic (exact) mass is 253 g/mol. The van der Waals surface area contributed by atoms with E-state index in [1.165, 1.54) is 64.2 Å². The van der Waals surface area contributed by atoms with Crippen molar-refractivity contribution in [3.63, 3.8) is 0 Å². The fraction of sp³-hybridized carbons (Fsp3) is 1.00. The summed E-state index contributed by atoms with van der Waals surface area (Å²) in [4.78, 5) is 0. The van der Waals surface area contributed by atoms with E-state index in [0.717, 1.165) is 18.6 Å². The summed E-state index contributed by atoms with van der Waals surface area (Å²) in [7, 11) is 2.11. The lowest BCUT2D eigenvalue weighted by molar-refractivity contribution is -0.0941. The quantitative estimate of drug-likeness (QED) is 0.775. The summed E-state index contributed by atoms with van der Waals surface area (Å²) in [6.07, 6.45) is 13.4. The Morgan fingerprint density at radius 2 is 2.06 bits per heavy atom. The van der Waals surface area contributed by atoms with Gasteiger partial charge in [0.05, 0.1) is 5.60 Å². The van der Waals surface area contributed by atoms with E-state index in [1.807, 2.05) is 0 Å². The predicted octanol–water partition coefficient (Wildman–Crippen LogP) is 3.89. The minimum atomic E-state index is 0.308. The highest BCUT2D eigenvalue weighted by atomic mass is 16.5. The maximum atomic E-state index is 6.12. The van der Waals surface area contributed by atoms with Gasteiger partial charge in [0.15, 0.2) is 0 Å². The summed E-state index contributed by atoms with van der Waals surface area (Å²) >= 11 is 0. The molecule has 1 heterocycles. The molecule has 0 aromatic heterocycles. The molecule has 2 unspecified atom stereocenters. The van der Waals surface area contributed by atoms with Crippen LogP contribution in [0.1, 0.15) is 71.1 Å². The third-order valence-electron chi connectivity index (χ3n) is 5.08. The molecule has 2 nitrogen and oxygen atoms in total. The Kier molecular flexibility index (Phi) is 5.50. The van der Waals surface area contributed by atoms with Gasteiger partial charge in [-0.1, -0.05) is 26.2 Å². The number of ether oxygens (including phenoxy) is 1. The van der Waals surface area contributed by atoms with E-state index < -0.39 is 0 Å². The lowest BCUT2D eigenvalue weighted by Gasteiger charge is -2.38. The van der Waals surface area contributed by atoms with Crippen molar-refractivity contribution in [2.24, 2.45) is 5.92 Å². The van der Waals surface area contributed by atoms with Gasteiger partial charge in [-0.2, -0.15) is 0 Å².